The van der Waals surface area contributed by atoms with E-state index in [2.05, 4.69) is 10.2 Å². The molecule has 0 saturated heterocycles. The van der Waals surface area contributed by atoms with E-state index in [1.54, 1.807) is 19.9 Å². The molecule has 0 amide bonds. The van der Waals surface area contributed by atoms with Crippen LogP contribution in [0.15, 0.2) is 30.3 Å². The zero-order valence-electron chi connectivity index (χ0n) is 10.00. The van der Waals surface area contributed by atoms with E-state index < -0.39 is 5.67 Å². The van der Waals surface area contributed by atoms with Crippen molar-refractivity contribution in [3.05, 3.63) is 35.9 Å². The molecule has 0 unspecified atom stereocenters. The Kier molecular flexibility index (Phi) is 2.88. The molecule has 3 N–H and O–H groups in total. The van der Waals surface area contributed by atoms with E-state index in [-0.39, 0.29) is 0 Å². The lowest BCUT2D eigenvalue weighted by Crippen LogP contribution is -2.15. The third-order valence-electron chi connectivity index (χ3n) is 2.46. The second kappa shape index (κ2) is 4.20. The van der Waals surface area contributed by atoms with Gasteiger partial charge in [-0.1, -0.05) is 18.2 Å². The molecule has 4 heteroatoms. The van der Waals surface area contributed by atoms with Gasteiger partial charge in [-0.15, -0.1) is 0 Å². The van der Waals surface area contributed by atoms with Gasteiger partial charge in [0, 0.05) is 12.5 Å². The summed E-state index contributed by atoms with van der Waals surface area (Å²) in [4.78, 5) is 0. The monoisotopic (exact) mass is 233 g/mol. The highest BCUT2D eigenvalue weighted by atomic mass is 19.1. The van der Waals surface area contributed by atoms with Crippen LogP contribution >= 0.6 is 0 Å². The molecule has 1 aromatic heterocycles. The lowest BCUT2D eigenvalue weighted by atomic mass is 9.98. The number of aromatic amines is 1. The summed E-state index contributed by atoms with van der Waals surface area (Å²) in [5.41, 5.74) is 7.13. The fraction of sp³-hybridized carbons (Fsp3) is 0.308. The third-order valence-corrected chi connectivity index (χ3v) is 2.46. The molecule has 0 atom stereocenters. The second-order valence-electron chi connectivity index (χ2n) is 4.80. The van der Waals surface area contributed by atoms with Gasteiger partial charge in [0.1, 0.15) is 11.5 Å². The highest BCUT2D eigenvalue weighted by Gasteiger charge is 2.16. The van der Waals surface area contributed by atoms with Crippen molar-refractivity contribution in [2.24, 2.45) is 0 Å². The van der Waals surface area contributed by atoms with Gasteiger partial charge in [-0.25, -0.2) is 4.39 Å². The van der Waals surface area contributed by atoms with Crippen LogP contribution in [0.4, 0.5) is 10.2 Å². The molecule has 1 heterocycles. The Balaban J connectivity index is 2.29. The number of nitrogen functional groups attached to an aromatic ring is 1. The van der Waals surface area contributed by atoms with Gasteiger partial charge in [0.15, 0.2) is 0 Å². The molecule has 0 aliphatic carbocycles. The molecule has 90 valence electrons. The van der Waals surface area contributed by atoms with Crippen molar-refractivity contribution in [2.75, 3.05) is 5.73 Å². The van der Waals surface area contributed by atoms with Crippen LogP contribution in [0.2, 0.25) is 0 Å². The molecule has 0 bridgehead atoms. The van der Waals surface area contributed by atoms with Crippen LogP contribution in [0.25, 0.3) is 11.3 Å². The van der Waals surface area contributed by atoms with Gasteiger partial charge in [0.05, 0.1) is 5.69 Å². The van der Waals surface area contributed by atoms with Crippen molar-refractivity contribution in [2.45, 2.75) is 25.9 Å². The second-order valence-corrected chi connectivity index (χ2v) is 4.80. The number of nitrogens with two attached hydrogens (primary N) is 1. The zero-order chi connectivity index (χ0) is 12.5. The van der Waals surface area contributed by atoms with E-state index in [1.165, 1.54) is 0 Å². The van der Waals surface area contributed by atoms with Gasteiger partial charge in [0.25, 0.3) is 0 Å². The fourth-order valence-electron chi connectivity index (χ4n) is 1.82. The van der Waals surface area contributed by atoms with Crippen molar-refractivity contribution >= 4 is 5.82 Å². The van der Waals surface area contributed by atoms with Crippen molar-refractivity contribution in [3.8, 4) is 11.3 Å². The van der Waals surface area contributed by atoms with E-state index in [1.807, 2.05) is 24.3 Å². The first kappa shape index (κ1) is 11.6. The van der Waals surface area contributed by atoms with E-state index in [0.717, 1.165) is 16.8 Å². The fourth-order valence-corrected chi connectivity index (χ4v) is 1.82. The molecule has 0 fully saturated rings. The number of nitrogens with zero attached hydrogens (tertiary/aromatic N) is 1. The average Bonchev–Trinajstić information content (AvgIpc) is 2.63. The number of benzene rings is 1. The number of hydrogen-bond donors (Lipinski definition) is 2. The Labute approximate surface area is 99.9 Å². The van der Waals surface area contributed by atoms with Crippen LogP contribution in [-0.4, -0.2) is 15.9 Å². The van der Waals surface area contributed by atoms with Crippen LogP contribution < -0.4 is 5.73 Å². The number of nitrogens with one attached hydrogen (secondary N) is 1. The van der Waals surface area contributed by atoms with Gasteiger partial charge in [-0.3, -0.25) is 5.10 Å². The minimum atomic E-state index is -1.20. The molecule has 0 radical (unpaired) electrons. The maximum Gasteiger partial charge on any atom is 0.145 e. The molecule has 17 heavy (non-hydrogen) atoms. The number of H-pyrrole nitrogens is 1. The summed E-state index contributed by atoms with van der Waals surface area (Å²) in [6.07, 6.45) is 0.393. The molecule has 1 aromatic carbocycles. The minimum absolute atomic E-state index is 0.393. The predicted molar refractivity (Wildman–Crippen MR) is 67.3 cm³/mol. The van der Waals surface area contributed by atoms with Gasteiger partial charge in [-0.05, 0) is 31.0 Å². The largest absolute Gasteiger partial charge is 0.382 e. The number of aromatic nitrogens is 2. The van der Waals surface area contributed by atoms with Crippen molar-refractivity contribution < 1.29 is 4.39 Å². The molecule has 0 saturated carbocycles. The predicted octanol–water partition coefficient (Wildman–Crippen LogP) is 2.95. The van der Waals surface area contributed by atoms with E-state index >= 15 is 0 Å². The lowest BCUT2D eigenvalue weighted by molar-refractivity contribution is 0.217. The summed E-state index contributed by atoms with van der Waals surface area (Å²) >= 11 is 0. The molecule has 2 rings (SSSR count). The molecule has 0 aliphatic rings. The number of alkyl halides is 1. The summed E-state index contributed by atoms with van der Waals surface area (Å²) in [6.45, 7) is 3.15. The number of halogens is 1. The first-order chi connectivity index (χ1) is 7.94. The Morgan fingerprint density at radius 2 is 2.12 bits per heavy atom. The number of hydrogen-bond acceptors (Lipinski definition) is 2. The van der Waals surface area contributed by atoms with Crippen LogP contribution in [0.3, 0.4) is 0 Å². The van der Waals surface area contributed by atoms with Crippen molar-refractivity contribution in [3.63, 3.8) is 0 Å². The quantitative estimate of drug-likeness (QED) is 0.856. The summed E-state index contributed by atoms with van der Waals surface area (Å²) in [5, 5.41) is 6.72. The first-order valence-corrected chi connectivity index (χ1v) is 5.53. The summed E-state index contributed by atoms with van der Waals surface area (Å²) in [6, 6.07) is 9.49. The molecule has 2 aromatic rings. The van der Waals surface area contributed by atoms with Crippen molar-refractivity contribution in [1.29, 1.82) is 0 Å². The Bertz CT molecular complexity index is 511. The highest BCUT2D eigenvalue weighted by molar-refractivity contribution is 5.62. The SMILES string of the molecule is CC(C)(F)Cc1cccc(-c2cc(N)n[nH]2)c1. The normalized spacial score (nSPS) is 11.7. The Hall–Kier alpha value is -1.84. The maximum absolute atomic E-state index is 13.6. The van der Waals surface area contributed by atoms with Crippen LogP contribution in [-0.2, 0) is 6.42 Å². The maximum atomic E-state index is 13.6. The molecule has 0 aliphatic heterocycles. The number of anilines is 1. The molecule has 3 nitrogen and oxygen atoms in total. The van der Waals surface area contributed by atoms with Crippen LogP contribution in [0.5, 0.6) is 0 Å². The topological polar surface area (TPSA) is 54.7 Å². The highest BCUT2D eigenvalue weighted by Crippen LogP contribution is 2.23. The van der Waals surface area contributed by atoms with Gasteiger partial charge in [-0.2, -0.15) is 5.10 Å². The van der Waals surface area contributed by atoms with Gasteiger partial charge < -0.3 is 5.73 Å². The smallest absolute Gasteiger partial charge is 0.145 e. The average molecular weight is 233 g/mol. The lowest BCUT2D eigenvalue weighted by Gasteiger charge is -2.14. The Morgan fingerprint density at radius 3 is 2.71 bits per heavy atom. The van der Waals surface area contributed by atoms with E-state index in [4.69, 9.17) is 5.73 Å². The van der Waals surface area contributed by atoms with Gasteiger partial charge in [0.2, 0.25) is 0 Å². The summed E-state index contributed by atoms with van der Waals surface area (Å²) < 4.78 is 13.6. The minimum Gasteiger partial charge on any atom is -0.382 e. The molecular weight excluding hydrogens is 217 g/mol. The first-order valence-electron chi connectivity index (χ1n) is 5.53. The summed E-state index contributed by atoms with van der Waals surface area (Å²) in [7, 11) is 0. The number of rotatable bonds is 3. The molecular formula is C13H16FN3. The standard InChI is InChI=1S/C13H16FN3/c1-13(2,14)8-9-4-3-5-10(6-9)11-7-12(15)17-16-11/h3-7H,8H2,1-2H3,(H3,15,16,17). The third kappa shape index (κ3) is 3.06. The summed E-state index contributed by atoms with van der Waals surface area (Å²) in [5.74, 6) is 0.455. The van der Waals surface area contributed by atoms with Crippen molar-refractivity contribution in [1.82, 2.24) is 10.2 Å². The van der Waals surface area contributed by atoms with Crippen LogP contribution in [0, 0.1) is 0 Å². The van der Waals surface area contributed by atoms with E-state index in [0.29, 0.717) is 12.2 Å². The molecule has 0 spiro atoms. The zero-order valence-corrected chi connectivity index (χ0v) is 10.00. The van der Waals surface area contributed by atoms with Crippen LogP contribution in [0.1, 0.15) is 19.4 Å². The van der Waals surface area contributed by atoms with Gasteiger partial charge >= 0.3 is 0 Å². The Morgan fingerprint density at radius 1 is 1.35 bits per heavy atom. The van der Waals surface area contributed by atoms with E-state index in [9.17, 15) is 4.39 Å².